The van der Waals surface area contributed by atoms with Gasteiger partial charge in [-0.15, -0.1) is 11.3 Å². The van der Waals surface area contributed by atoms with Gasteiger partial charge >= 0.3 is 0 Å². The lowest BCUT2D eigenvalue weighted by Gasteiger charge is -2.03. The Balaban J connectivity index is 1.96. The van der Waals surface area contributed by atoms with Crippen LogP contribution in [0.2, 0.25) is 0 Å². The molecule has 0 aliphatic heterocycles. The quantitative estimate of drug-likeness (QED) is 0.762. The lowest BCUT2D eigenvalue weighted by Crippen LogP contribution is -2.26. The van der Waals surface area contributed by atoms with E-state index in [1.165, 1.54) is 28.1 Å². The van der Waals surface area contributed by atoms with E-state index in [1.807, 2.05) is 0 Å². The van der Waals surface area contributed by atoms with Crippen molar-refractivity contribution >= 4 is 28.2 Å². The van der Waals surface area contributed by atoms with E-state index in [2.05, 4.69) is 20.3 Å². The molecule has 0 radical (unpaired) electrons. The van der Waals surface area contributed by atoms with Gasteiger partial charge in [-0.1, -0.05) is 0 Å². The second-order valence-electron chi connectivity index (χ2n) is 4.01. The predicted octanol–water partition coefficient (Wildman–Crippen LogP) is 1.11. The second-order valence-corrected chi connectivity index (χ2v) is 4.88. The van der Waals surface area contributed by atoms with Crippen LogP contribution in [0.15, 0.2) is 34.8 Å². The number of hydrogen-bond acceptors (Lipinski definition) is 6. The first kappa shape index (κ1) is 12.4. The lowest BCUT2D eigenvalue weighted by molar-refractivity contribution is 0.102. The van der Waals surface area contributed by atoms with E-state index in [4.69, 9.17) is 0 Å². The van der Waals surface area contributed by atoms with Gasteiger partial charge in [0.1, 0.15) is 5.56 Å². The maximum absolute atomic E-state index is 12.1. The average molecular weight is 287 g/mol. The monoisotopic (exact) mass is 287 g/mol. The third kappa shape index (κ3) is 2.16. The first-order chi connectivity index (χ1) is 9.65. The number of thiazole rings is 1. The highest BCUT2D eigenvalue weighted by molar-refractivity contribution is 7.15. The van der Waals surface area contributed by atoms with Crippen molar-refractivity contribution in [3.63, 3.8) is 0 Å². The van der Waals surface area contributed by atoms with Gasteiger partial charge in [-0.05, 0) is 13.0 Å². The van der Waals surface area contributed by atoms with Gasteiger partial charge in [0.25, 0.3) is 11.5 Å². The summed E-state index contributed by atoms with van der Waals surface area (Å²) in [7, 11) is 0. The fraction of sp³-hybridized carbons (Fsp3) is 0.0833. The molecule has 7 nitrogen and oxygen atoms in total. The van der Waals surface area contributed by atoms with Crippen LogP contribution < -0.4 is 10.9 Å². The minimum atomic E-state index is -0.575. The van der Waals surface area contributed by atoms with E-state index in [0.29, 0.717) is 4.96 Å². The molecule has 20 heavy (non-hydrogen) atoms. The molecule has 1 amide bonds. The molecule has 1 N–H and O–H groups in total. The number of hydrogen-bond donors (Lipinski definition) is 1. The molecular weight excluding hydrogens is 278 g/mol. The van der Waals surface area contributed by atoms with Crippen molar-refractivity contribution < 1.29 is 4.79 Å². The summed E-state index contributed by atoms with van der Waals surface area (Å²) in [5.74, 6) is -0.418. The van der Waals surface area contributed by atoms with Crippen LogP contribution in [0, 0.1) is 6.92 Å². The number of carbonyl (C=O) groups is 1. The Labute approximate surface area is 117 Å². The Hall–Kier alpha value is -2.61. The van der Waals surface area contributed by atoms with Crippen LogP contribution in [-0.2, 0) is 0 Å². The molecular formula is C12H9N5O2S. The number of rotatable bonds is 2. The summed E-state index contributed by atoms with van der Waals surface area (Å²) >= 11 is 1.32. The van der Waals surface area contributed by atoms with Gasteiger partial charge in [0, 0.05) is 29.7 Å². The Morgan fingerprint density at radius 3 is 3.05 bits per heavy atom. The minimum Gasteiger partial charge on any atom is -0.290 e. The van der Waals surface area contributed by atoms with Gasteiger partial charge in [0.2, 0.25) is 5.95 Å². The van der Waals surface area contributed by atoms with Crippen LogP contribution in [0.4, 0.5) is 5.95 Å². The summed E-state index contributed by atoms with van der Waals surface area (Å²) in [6.07, 6.45) is 4.37. The molecule has 0 spiro atoms. The maximum Gasteiger partial charge on any atom is 0.271 e. The fourth-order valence-electron chi connectivity index (χ4n) is 1.66. The van der Waals surface area contributed by atoms with E-state index in [9.17, 15) is 9.59 Å². The van der Waals surface area contributed by atoms with Crippen LogP contribution >= 0.6 is 11.3 Å². The first-order valence-corrected chi connectivity index (χ1v) is 6.59. The summed E-state index contributed by atoms with van der Waals surface area (Å²) in [6.45, 7) is 1.78. The van der Waals surface area contributed by atoms with E-state index in [0.717, 1.165) is 5.69 Å². The summed E-state index contributed by atoms with van der Waals surface area (Å²) in [5, 5.41) is 4.22. The van der Waals surface area contributed by atoms with Crippen molar-refractivity contribution in [1.82, 2.24) is 19.4 Å². The zero-order valence-electron chi connectivity index (χ0n) is 10.4. The summed E-state index contributed by atoms with van der Waals surface area (Å²) in [5.41, 5.74) is 0.255. The number of nitrogens with zero attached hydrogens (tertiary/aromatic N) is 4. The Kier molecular flexibility index (Phi) is 2.99. The van der Waals surface area contributed by atoms with Crippen LogP contribution in [0.25, 0.3) is 4.96 Å². The maximum atomic E-state index is 12.1. The van der Waals surface area contributed by atoms with Crippen molar-refractivity contribution in [1.29, 1.82) is 0 Å². The smallest absolute Gasteiger partial charge is 0.271 e. The molecule has 0 saturated heterocycles. The number of carbonyl (C=O) groups excluding carboxylic acids is 1. The number of nitrogens with one attached hydrogen (secondary N) is 1. The van der Waals surface area contributed by atoms with Gasteiger partial charge in [-0.25, -0.2) is 15.0 Å². The number of aromatic nitrogens is 4. The van der Waals surface area contributed by atoms with Crippen LogP contribution in [-0.4, -0.2) is 25.3 Å². The number of amides is 1. The molecule has 3 rings (SSSR count). The van der Waals surface area contributed by atoms with Crippen molar-refractivity contribution in [2.45, 2.75) is 6.92 Å². The predicted molar refractivity (Wildman–Crippen MR) is 74.1 cm³/mol. The molecule has 3 aromatic rings. The molecule has 0 saturated carbocycles. The number of fused-ring (bicyclic) bond motifs is 1. The molecule has 3 aromatic heterocycles. The Morgan fingerprint density at radius 2 is 2.25 bits per heavy atom. The molecule has 0 bridgehead atoms. The van der Waals surface area contributed by atoms with Gasteiger partial charge in [-0.3, -0.25) is 19.3 Å². The molecule has 0 aliphatic carbocycles. The highest BCUT2D eigenvalue weighted by Gasteiger charge is 2.14. The van der Waals surface area contributed by atoms with Crippen molar-refractivity contribution in [3.05, 3.63) is 51.6 Å². The zero-order valence-corrected chi connectivity index (χ0v) is 11.2. The lowest BCUT2D eigenvalue weighted by atomic mass is 10.3. The minimum absolute atomic E-state index is 0.0500. The standard InChI is InChI=1S/C12H9N5O2S/c1-7-2-3-13-11(15-7)16-9(18)8-6-14-12-17(10(8)19)4-5-20-12/h2-6H,1H3,(H,13,15,16,18). The van der Waals surface area contributed by atoms with E-state index < -0.39 is 11.5 Å². The average Bonchev–Trinajstić information content (AvgIpc) is 2.88. The van der Waals surface area contributed by atoms with E-state index in [-0.39, 0.29) is 11.5 Å². The molecule has 0 aromatic carbocycles. The van der Waals surface area contributed by atoms with Gasteiger partial charge < -0.3 is 0 Å². The third-order valence-electron chi connectivity index (χ3n) is 2.61. The summed E-state index contributed by atoms with van der Waals surface area (Å²) in [4.78, 5) is 36.8. The topological polar surface area (TPSA) is 89.3 Å². The normalized spacial score (nSPS) is 10.7. The Morgan fingerprint density at radius 1 is 1.40 bits per heavy atom. The highest BCUT2D eigenvalue weighted by Crippen LogP contribution is 2.07. The molecule has 0 aliphatic rings. The van der Waals surface area contributed by atoms with Gasteiger partial charge in [0.05, 0.1) is 0 Å². The summed E-state index contributed by atoms with van der Waals surface area (Å²) in [6, 6.07) is 1.71. The molecule has 8 heteroatoms. The first-order valence-electron chi connectivity index (χ1n) is 5.71. The van der Waals surface area contributed by atoms with Crippen LogP contribution in [0.3, 0.4) is 0 Å². The largest absolute Gasteiger partial charge is 0.290 e. The van der Waals surface area contributed by atoms with Crippen LogP contribution in [0.5, 0.6) is 0 Å². The Bertz CT molecular complexity index is 854. The van der Waals surface area contributed by atoms with Gasteiger partial charge in [0.15, 0.2) is 4.96 Å². The summed E-state index contributed by atoms with van der Waals surface area (Å²) < 4.78 is 1.33. The molecule has 3 heterocycles. The second kappa shape index (κ2) is 4.82. The number of aryl methyl sites for hydroxylation is 1. The third-order valence-corrected chi connectivity index (χ3v) is 3.38. The van der Waals surface area contributed by atoms with E-state index in [1.54, 1.807) is 24.6 Å². The zero-order chi connectivity index (χ0) is 14.1. The van der Waals surface area contributed by atoms with Crippen molar-refractivity contribution in [2.24, 2.45) is 0 Å². The van der Waals surface area contributed by atoms with Crippen molar-refractivity contribution in [3.8, 4) is 0 Å². The molecule has 100 valence electrons. The molecule has 0 unspecified atom stereocenters. The molecule has 0 atom stereocenters. The fourth-order valence-corrected chi connectivity index (χ4v) is 2.33. The van der Waals surface area contributed by atoms with Crippen LogP contribution in [0.1, 0.15) is 16.1 Å². The SMILES string of the molecule is Cc1ccnc(NC(=O)c2cnc3sccn3c2=O)n1. The van der Waals surface area contributed by atoms with Crippen molar-refractivity contribution in [2.75, 3.05) is 5.32 Å². The number of anilines is 1. The highest BCUT2D eigenvalue weighted by atomic mass is 32.1. The van der Waals surface area contributed by atoms with Gasteiger partial charge in [-0.2, -0.15) is 0 Å². The molecule has 0 fully saturated rings. The van der Waals surface area contributed by atoms with E-state index >= 15 is 0 Å².